The van der Waals surface area contributed by atoms with Gasteiger partial charge in [0, 0.05) is 12.5 Å². The van der Waals surface area contributed by atoms with Crippen molar-refractivity contribution in [2.45, 2.75) is 30.6 Å². The molecule has 0 radical (unpaired) electrons. The Balaban J connectivity index is 2.19. The fraction of sp³-hybridized carbons (Fsp3) is 0.286. The van der Waals surface area contributed by atoms with Gasteiger partial charge in [-0.05, 0) is 31.2 Å². The van der Waals surface area contributed by atoms with E-state index < -0.39 is 33.1 Å². The summed E-state index contributed by atoms with van der Waals surface area (Å²) >= 11 is 0. The van der Waals surface area contributed by atoms with Crippen LogP contribution < -0.4 is 9.46 Å². The van der Waals surface area contributed by atoms with Crippen LogP contribution in [0, 0.1) is 0 Å². The number of ether oxygens (including phenoxy) is 1. The lowest BCUT2D eigenvalue weighted by molar-refractivity contribution is -0.275. The molecule has 0 aliphatic carbocycles. The first-order valence-corrected chi connectivity index (χ1v) is 8.05. The lowest BCUT2D eigenvalue weighted by atomic mass is 10.2. The Bertz CT molecular complexity index is 742. The maximum Gasteiger partial charge on any atom is 0.573 e. The molecule has 23 heavy (non-hydrogen) atoms. The molecule has 2 rings (SSSR count). The second-order valence-corrected chi connectivity index (χ2v) is 6.48. The number of para-hydroxylation sites is 1. The monoisotopic (exact) mass is 349 g/mol. The van der Waals surface area contributed by atoms with E-state index in [-0.39, 0.29) is 6.42 Å². The molecule has 9 heteroatoms. The van der Waals surface area contributed by atoms with Gasteiger partial charge in [-0.1, -0.05) is 12.1 Å². The van der Waals surface area contributed by atoms with Crippen molar-refractivity contribution in [2.24, 2.45) is 0 Å². The van der Waals surface area contributed by atoms with Crippen molar-refractivity contribution in [1.82, 2.24) is 4.72 Å². The maximum atomic E-state index is 12.4. The quantitative estimate of drug-likeness (QED) is 0.870. The summed E-state index contributed by atoms with van der Waals surface area (Å²) in [6.45, 7) is 1.58. The molecule has 126 valence electrons. The van der Waals surface area contributed by atoms with Gasteiger partial charge in [0.15, 0.2) is 0 Å². The second kappa shape index (κ2) is 6.63. The molecular formula is C14H14F3NO4S. The third kappa shape index (κ3) is 5.00. The number of benzene rings is 1. The molecule has 5 nitrogen and oxygen atoms in total. The molecule has 0 saturated carbocycles. The van der Waals surface area contributed by atoms with Gasteiger partial charge in [0.1, 0.15) is 16.4 Å². The number of alkyl halides is 3. The summed E-state index contributed by atoms with van der Waals surface area (Å²) in [5, 5.41) is 0. The molecule has 1 aromatic heterocycles. The molecule has 0 bridgehead atoms. The molecule has 0 fully saturated rings. The first kappa shape index (κ1) is 17.4. The zero-order valence-electron chi connectivity index (χ0n) is 12.0. The molecule has 1 heterocycles. The highest BCUT2D eigenvalue weighted by Crippen LogP contribution is 2.29. The van der Waals surface area contributed by atoms with Gasteiger partial charge in [-0.3, -0.25) is 0 Å². The van der Waals surface area contributed by atoms with Crippen LogP contribution in [0.25, 0.3) is 0 Å². The minimum atomic E-state index is -4.98. The molecule has 0 saturated heterocycles. The van der Waals surface area contributed by atoms with Gasteiger partial charge in [0.25, 0.3) is 0 Å². The Morgan fingerprint density at radius 1 is 1.22 bits per heavy atom. The van der Waals surface area contributed by atoms with Crippen molar-refractivity contribution >= 4 is 10.0 Å². The topological polar surface area (TPSA) is 68.5 Å². The Kier molecular flexibility index (Phi) is 5.00. The number of sulfonamides is 1. The van der Waals surface area contributed by atoms with E-state index in [2.05, 4.69) is 9.46 Å². The van der Waals surface area contributed by atoms with Crippen molar-refractivity contribution in [3.05, 3.63) is 48.4 Å². The van der Waals surface area contributed by atoms with Crippen LogP contribution in [0.2, 0.25) is 0 Å². The van der Waals surface area contributed by atoms with E-state index in [1.165, 1.54) is 18.4 Å². The van der Waals surface area contributed by atoms with Gasteiger partial charge in [0.2, 0.25) is 10.0 Å². The Morgan fingerprint density at radius 3 is 2.52 bits per heavy atom. The summed E-state index contributed by atoms with van der Waals surface area (Å²) in [4.78, 5) is -0.580. The standard InChI is InChI=1S/C14H14F3NO4S/c1-10(9-11-5-4-8-21-11)18-23(19,20)13-7-3-2-6-12(13)22-14(15,16)17/h2-8,10,18H,9H2,1H3. The van der Waals surface area contributed by atoms with E-state index in [9.17, 15) is 21.6 Å². The van der Waals surface area contributed by atoms with E-state index in [1.807, 2.05) is 0 Å². The van der Waals surface area contributed by atoms with Crippen LogP contribution in [0.3, 0.4) is 0 Å². The minimum absolute atomic E-state index is 0.258. The van der Waals surface area contributed by atoms with E-state index in [0.717, 1.165) is 12.1 Å². The van der Waals surface area contributed by atoms with Gasteiger partial charge >= 0.3 is 6.36 Å². The van der Waals surface area contributed by atoms with Gasteiger partial charge in [0.05, 0.1) is 6.26 Å². The molecule has 1 aromatic carbocycles. The molecule has 0 aliphatic heterocycles. The fourth-order valence-corrected chi connectivity index (χ4v) is 3.35. The minimum Gasteiger partial charge on any atom is -0.469 e. The highest BCUT2D eigenvalue weighted by molar-refractivity contribution is 7.89. The number of hydrogen-bond acceptors (Lipinski definition) is 4. The number of hydrogen-bond donors (Lipinski definition) is 1. The fourth-order valence-electron chi connectivity index (χ4n) is 1.98. The average Bonchev–Trinajstić information content (AvgIpc) is 2.89. The van der Waals surface area contributed by atoms with E-state index in [1.54, 1.807) is 19.1 Å². The van der Waals surface area contributed by atoms with Crippen LogP contribution in [-0.4, -0.2) is 20.8 Å². The van der Waals surface area contributed by atoms with Gasteiger partial charge in [-0.15, -0.1) is 13.2 Å². The van der Waals surface area contributed by atoms with Crippen LogP contribution in [0.4, 0.5) is 13.2 Å². The number of nitrogens with one attached hydrogen (secondary N) is 1. The van der Waals surface area contributed by atoms with Crippen LogP contribution >= 0.6 is 0 Å². The molecule has 1 N–H and O–H groups in total. The van der Waals surface area contributed by atoms with Crippen molar-refractivity contribution in [3.63, 3.8) is 0 Å². The lowest BCUT2D eigenvalue weighted by Crippen LogP contribution is -2.34. The molecule has 1 atom stereocenters. The summed E-state index contributed by atoms with van der Waals surface area (Å²) in [6, 6.07) is 7.31. The van der Waals surface area contributed by atoms with Crippen LogP contribution in [0.15, 0.2) is 52.0 Å². The molecule has 0 aliphatic rings. The Labute approximate surface area is 131 Å². The normalized spacial score (nSPS) is 13.7. The Hall–Kier alpha value is -2.00. The number of rotatable bonds is 6. The largest absolute Gasteiger partial charge is 0.573 e. The highest BCUT2D eigenvalue weighted by atomic mass is 32.2. The molecular weight excluding hydrogens is 335 g/mol. The van der Waals surface area contributed by atoms with E-state index in [0.29, 0.717) is 5.76 Å². The average molecular weight is 349 g/mol. The first-order chi connectivity index (χ1) is 10.7. The van der Waals surface area contributed by atoms with E-state index in [4.69, 9.17) is 4.42 Å². The molecule has 1 unspecified atom stereocenters. The van der Waals surface area contributed by atoms with Crippen molar-refractivity contribution < 1.29 is 30.7 Å². The summed E-state index contributed by atoms with van der Waals surface area (Å²) in [5.74, 6) is -0.224. The molecule has 0 spiro atoms. The van der Waals surface area contributed by atoms with Gasteiger partial charge in [-0.25, -0.2) is 13.1 Å². The predicted molar refractivity (Wildman–Crippen MR) is 75.3 cm³/mol. The van der Waals surface area contributed by atoms with Crippen molar-refractivity contribution in [3.8, 4) is 5.75 Å². The van der Waals surface area contributed by atoms with Crippen LogP contribution in [0.1, 0.15) is 12.7 Å². The maximum absolute atomic E-state index is 12.4. The van der Waals surface area contributed by atoms with Gasteiger partial charge in [-0.2, -0.15) is 0 Å². The van der Waals surface area contributed by atoms with Crippen LogP contribution in [0.5, 0.6) is 5.75 Å². The summed E-state index contributed by atoms with van der Waals surface area (Å²) < 4.78 is 72.9. The lowest BCUT2D eigenvalue weighted by Gasteiger charge is -2.16. The summed E-state index contributed by atoms with van der Waals surface area (Å²) in [6.07, 6.45) is -3.27. The third-order valence-electron chi connectivity index (χ3n) is 2.81. The SMILES string of the molecule is CC(Cc1ccco1)NS(=O)(=O)c1ccccc1OC(F)(F)F. The molecule has 0 amide bonds. The van der Waals surface area contributed by atoms with E-state index >= 15 is 0 Å². The zero-order chi connectivity index (χ0) is 17.1. The zero-order valence-corrected chi connectivity index (χ0v) is 12.8. The Morgan fingerprint density at radius 2 is 1.91 bits per heavy atom. The second-order valence-electron chi connectivity index (χ2n) is 4.80. The summed E-state index contributed by atoms with van der Waals surface area (Å²) in [7, 11) is -4.18. The molecule has 2 aromatic rings. The number of furan rings is 1. The van der Waals surface area contributed by atoms with Crippen molar-refractivity contribution in [1.29, 1.82) is 0 Å². The smallest absolute Gasteiger partial charge is 0.469 e. The van der Waals surface area contributed by atoms with Crippen molar-refractivity contribution in [2.75, 3.05) is 0 Å². The summed E-state index contributed by atoms with van der Waals surface area (Å²) in [5.41, 5.74) is 0. The van der Waals surface area contributed by atoms with Crippen LogP contribution in [-0.2, 0) is 16.4 Å². The first-order valence-electron chi connectivity index (χ1n) is 6.57. The third-order valence-corrected chi connectivity index (χ3v) is 4.44. The predicted octanol–water partition coefficient (Wildman–Crippen LogP) is 3.09. The van der Waals surface area contributed by atoms with Gasteiger partial charge < -0.3 is 9.15 Å². The highest BCUT2D eigenvalue weighted by Gasteiger charge is 2.34. The number of halogens is 3.